The zero-order valence-corrected chi connectivity index (χ0v) is 8.85. The van der Waals surface area contributed by atoms with Crippen LogP contribution in [0.5, 0.6) is 0 Å². The number of thiazole rings is 1. The van der Waals surface area contributed by atoms with Gasteiger partial charge in [0.2, 0.25) is 0 Å². The summed E-state index contributed by atoms with van der Waals surface area (Å²) >= 11 is 1.19. The Hall–Kier alpha value is -1.10. The fourth-order valence-corrected chi connectivity index (χ4v) is 1.20. The summed E-state index contributed by atoms with van der Waals surface area (Å²) in [5.41, 5.74) is 6.89. The summed E-state index contributed by atoms with van der Waals surface area (Å²) in [5, 5.41) is 0. The number of nitrogens with two attached hydrogens (primary N) is 1. The number of carbonyl (C=O) groups is 1. The number of esters is 1. The number of anilines is 1. The third-order valence-electron chi connectivity index (χ3n) is 1.06. The molecule has 0 saturated heterocycles. The SMILES string of the molecule is CC.CCOC(=O)c1scnc1N. The second-order valence-corrected chi connectivity index (χ2v) is 2.64. The van der Waals surface area contributed by atoms with Gasteiger partial charge in [-0.05, 0) is 6.92 Å². The van der Waals surface area contributed by atoms with E-state index in [-0.39, 0.29) is 5.82 Å². The van der Waals surface area contributed by atoms with E-state index in [4.69, 9.17) is 10.5 Å². The van der Waals surface area contributed by atoms with Crippen molar-refractivity contribution in [3.05, 3.63) is 10.4 Å². The molecule has 5 heteroatoms. The summed E-state index contributed by atoms with van der Waals surface area (Å²) in [7, 11) is 0. The first-order chi connectivity index (χ1) is 6.25. The molecule has 4 nitrogen and oxygen atoms in total. The van der Waals surface area contributed by atoms with Crippen molar-refractivity contribution < 1.29 is 9.53 Å². The highest BCUT2D eigenvalue weighted by molar-refractivity contribution is 7.12. The molecule has 0 aliphatic rings. The molecule has 1 aromatic rings. The van der Waals surface area contributed by atoms with E-state index in [1.807, 2.05) is 13.8 Å². The molecule has 0 spiro atoms. The minimum absolute atomic E-state index is 0.244. The number of ether oxygens (including phenoxy) is 1. The van der Waals surface area contributed by atoms with Gasteiger partial charge in [0.25, 0.3) is 0 Å². The molecule has 0 amide bonds. The molecule has 74 valence electrons. The number of nitrogen functional groups attached to an aromatic ring is 1. The molecule has 0 atom stereocenters. The van der Waals surface area contributed by atoms with Gasteiger partial charge in [0.05, 0.1) is 12.1 Å². The van der Waals surface area contributed by atoms with E-state index in [1.165, 1.54) is 16.8 Å². The average molecular weight is 202 g/mol. The van der Waals surface area contributed by atoms with Crippen molar-refractivity contribution >= 4 is 23.1 Å². The minimum atomic E-state index is -0.396. The van der Waals surface area contributed by atoms with Crippen LogP contribution in [0.2, 0.25) is 0 Å². The Labute approximate surface area is 81.7 Å². The molecule has 0 aromatic carbocycles. The maximum absolute atomic E-state index is 11.0. The molecule has 1 rings (SSSR count). The van der Waals surface area contributed by atoms with Crippen LogP contribution in [0.15, 0.2) is 5.51 Å². The summed E-state index contributed by atoms with van der Waals surface area (Å²) in [6.07, 6.45) is 0. The van der Waals surface area contributed by atoms with Gasteiger partial charge in [-0.1, -0.05) is 13.8 Å². The standard InChI is InChI=1S/C6H8N2O2S.C2H6/c1-2-10-6(9)4-5(7)8-3-11-4;1-2/h3H,2,7H2,1H3;1-2H3. The molecule has 0 aliphatic carbocycles. The van der Waals surface area contributed by atoms with Crippen LogP contribution in [0.3, 0.4) is 0 Å². The second kappa shape index (κ2) is 6.42. The summed E-state index contributed by atoms with van der Waals surface area (Å²) in [6, 6.07) is 0. The fourth-order valence-electron chi connectivity index (χ4n) is 0.604. The summed E-state index contributed by atoms with van der Waals surface area (Å²) in [5.74, 6) is -0.152. The molecule has 2 N–H and O–H groups in total. The molecular formula is C8H14N2O2S. The lowest BCUT2D eigenvalue weighted by atomic mass is 10.5. The lowest BCUT2D eigenvalue weighted by Crippen LogP contribution is -2.05. The number of aromatic nitrogens is 1. The topological polar surface area (TPSA) is 65.2 Å². The largest absolute Gasteiger partial charge is 0.462 e. The van der Waals surface area contributed by atoms with Crippen molar-refractivity contribution in [1.82, 2.24) is 4.98 Å². The van der Waals surface area contributed by atoms with Crippen LogP contribution in [0.1, 0.15) is 30.4 Å². The highest BCUT2D eigenvalue weighted by Crippen LogP contribution is 2.15. The lowest BCUT2D eigenvalue weighted by molar-refractivity contribution is 0.0533. The third kappa shape index (κ3) is 3.42. The predicted molar refractivity (Wildman–Crippen MR) is 53.8 cm³/mol. The Morgan fingerprint density at radius 3 is 2.69 bits per heavy atom. The van der Waals surface area contributed by atoms with E-state index in [0.29, 0.717) is 11.5 Å². The second-order valence-electron chi connectivity index (χ2n) is 1.79. The molecule has 13 heavy (non-hydrogen) atoms. The van der Waals surface area contributed by atoms with Gasteiger partial charge < -0.3 is 10.5 Å². The Bertz CT molecular complexity index is 260. The normalized spacial score (nSPS) is 8.54. The van der Waals surface area contributed by atoms with Gasteiger partial charge in [-0.25, -0.2) is 9.78 Å². The summed E-state index contributed by atoms with van der Waals surface area (Å²) < 4.78 is 4.72. The molecule has 0 fully saturated rings. The average Bonchev–Trinajstić information content (AvgIpc) is 2.55. The predicted octanol–water partition coefficient (Wildman–Crippen LogP) is 1.93. The molecule has 0 bridgehead atoms. The van der Waals surface area contributed by atoms with E-state index in [2.05, 4.69) is 4.98 Å². The third-order valence-corrected chi connectivity index (χ3v) is 1.88. The van der Waals surface area contributed by atoms with Crippen LogP contribution < -0.4 is 5.73 Å². The van der Waals surface area contributed by atoms with E-state index < -0.39 is 5.97 Å². The van der Waals surface area contributed by atoms with E-state index >= 15 is 0 Å². The zero-order valence-electron chi connectivity index (χ0n) is 8.03. The first-order valence-corrected chi connectivity index (χ1v) is 4.99. The van der Waals surface area contributed by atoms with E-state index in [9.17, 15) is 4.79 Å². The number of nitrogens with zero attached hydrogens (tertiary/aromatic N) is 1. The monoisotopic (exact) mass is 202 g/mol. The number of hydrogen-bond donors (Lipinski definition) is 1. The smallest absolute Gasteiger partial charge is 0.352 e. The van der Waals surface area contributed by atoms with Gasteiger partial charge in [0.1, 0.15) is 5.82 Å². The Kier molecular flexibility index (Phi) is 5.88. The summed E-state index contributed by atoms with van der Waals surface area (Å²) in [6.45, 7) is 6.10. The molecular weight excluding hydrogens is 188 g/mol. The van der Waals surface area contributed by atoms with Crippen molar-refractivity contribution in [2.24, 2.45) is 0 Å². The maximum Gasteiger partial charge on any atom is 0.352 e. The molecule has 1 heterocycles. The van der Waals surface area contributed by atoms with Crippen molar-refractivity contribution in [2.45, 2.75) is 20.8 Å². The Morgan fingerprint density at radius 2 is 2.31 bits per heavy atom. The number of carbonyl (C=O) groups excluding carboxylic acids is 1. The van der Waals surface area contributed by atoms with Gasteiger partial charge in [0.15, 0.2) is 4.88 Å². The molecule has 0 radical (unpaired) electrons. The first kappa shape index (κ1) is 11.9. The van der Waals surface area contributed by atoms with Crippen molar-refractivity contribution in [3.63, 3.8) is 0 Å². The van der Waals surface area contributed by atoms with Crippen LogP contribution in [-0.4, -0.2) is 17.6 Å². The number of rotatable bonds is 2. The summed E-state index contributed by atoms with van der Waals surface area (Å²) in [4.78, 5) is 15.1. The first-order valence-electron chi connectivity index (χ1n) is 4.11. The van der Waals surface area contributed by atoms with Crippen LogP contribution >= 0.6 is 11.3 Å². The highest BCUT2D eigenvalue weighted by Gasteiger charge is 2.12. The van der Waals surface area contributed by atoms with Crippen LogP contribution in [-0.2, 0) is 4.74 Å². The Morgan fingerprint density at radius 1 is 1.69 bits per heavy atom. The number of hydrogen-bond acceptors (Lipinski definition) is 5. The molecule has 0 aliphatic heterocycles. The lowest BCUT2D eigenvalue weighted by Gasteiger charge is -1.97. The fraction of sp³-hybridized carbons (Fsp3) is 0.500. The quantitative estimate of drug-likeness (QED) is 0.744. The highest BCUT2D eigenvalue weighted by atomic mass is 32.1. The maximum atomic E-state index is 11.0. The van der Waals surface area contributed by atoms with Gasteiger partial charge >= 0.3 is 5.97 Å². The van der Waals surface area contributed by atoms with Crippen molar-refractivity contribution in [3.8, 4) is 0 Å². The minimum Gasteiger partial charge on any atom is -0.462 e. The van der Waals surface area contributed by atoms with Crippen LogP contribution in [0.4, 0.5) is 5.82 Å². The van der Waals surface area contributed by atoms with Crippen molar-refractivity contribution in [1.29, 1.82) is 0 Å². The zero-order chi connectivity index (χ0) is 10.3. The van der Waals surface area contributed by atoms with Gasteiger partial charge in [0, 0.05) is 0 Å². The van der Waals surface area contributed by atoms with Gasteiger partial charge in [-0.2, -0.15) is 0 Å². The van der Waals surface area contributed by atoms with E-state index in [1.54, 1.807) is 6.92 Å². The van der Waals surface area contributed by atoms with E-state index in [0.717, 1.165) is 0 Å². The van der Waals surface area contributed by atoms with Crippen molar-refractivity contribution in [2.75, 3.05) is 12.3 Å². The molecule has 0 unspecified atom stereocenters. The van der Waals surface area contributed by atoms with Gasteiger partial charge in [-0.15, -0.1) is 11.3 Å². The van der Waals surface area contributed by atoms with Gasteiger partial charge in [-0.3, -0.25) is 0 Å². The van der Waals surface area contributed by atoms with Crippen LogP contribution in [0.25, 0.3) is 0 Å². The molecule has 1 aromatic heterocycles. The van der Waals surface area contributed by atoms with Crippen LogP contribution in [0, 0.1) is 0 Å². The molecule has 0 saturated carbocycles. The Balaban J connectivity index is 0.000000671.